The highest BCUT2D eigenvalue weighted by Crippen LogP contribution is 2.40. The number of hydrogen-bond acceptors (Lipinski definition) is 2. The molecule has 0 aromatic heterocycles. The van der Waals surface area contributed by atoms with Crippen LogP contribution in [0.4, 0.5) is 13.2 Å². The minimum atomic E-state index is -4.91. The minimum absolute atomic E-state index is 1.00. The van der Waals surface area contributed by atoms with E-state index in [0.717, 1.165) is 0 Å². The van der Waals surface area contributed by atoms with Crippen LogP contribution >= 0.6 is 7.82 Å². The van der Waals surface area contributed by atoms with Gasteiger partial charge in [-0.15, -0.1) is 0 Å². The Morgan fingerprint density at radius 3 is 2.17 bits per heavy atom. The van der Waals surface area contributed by atoms with Crippen LogP contribution in [0.15, 0.2) is 12.3 Å². The third-order valence-electron chi connectivity index (χ3n) is 0.646. The van der Waals surface area contributed by atoms with Crippen molar-refractivity contribution in [2.75, 3.05) is 0 Å². The van der Waals surface area contributed by atoms with Gasteiger partial charge in [-0.3, -0.25) is 9.79 Å². The predicted molar refractivity (Wildman–Crippen MR) is 32.9 cm³/mol. The summed E-state index contributed by atoms with van der Waals surface area (Å²) in [6.07, 6.45) is -6.15. The van der Waals surface area contributed by atoms with Gasteiger partial charge in [0.15, 0.2) is 0 Å². The Bertz CT molecular complexity index is 217. The first-order valence-electron chi connectivity index (χ1n) is 2.60. The molecule has 8 heteroatoms. The monoisotopic (exact) mass is 206 g/mol. The Morgan fingerprint density at radius 1 is 1.50 bits per heavy atom. The Labute approximate surface area is 65.9 Å². The fraction of sp³-hybridized carbons (Fsp3) is 0.500. The number of halogens is 3. The second-order valence-corrected chi connectivity index (χ2v) is 3.08. The van der Waals surface area contributed by atoms with Crippen molar-refractivity contribution in [3.63, 3.8) is 0 Å². The third kappa shape index (κ3) is 7.59. The van der Waals surface area contributed by atoms with Crippen LogP contribution < -0.4 is 0 Å². The van der Waals surface area contributed by atoms with Crippen LogP contribution in [0, 0.1) is 0 Å². The summed E-state index contributed by atoms with van der Waals surface area (Å²) in [7, 11) is -4.91. The Balaban J connectivity index is 4.01. The van der Waals surface area contributed by atoms with Gasteiger partial charge in [0.25, 0.3) is 0 Å². The highest BCUT2D eigenvalue weighted by Gasteiger charge is 2.31. The molecule has 0 aliphatic rings. The van der Waals surface area contributed by atoms with Crippen molar-refractivity contribution in [3.8, 4) is 0 Å². The van der Waals surface area contributed by atoms with Crippen molar-refractivity contribution in [2.24, 2.45) is 0 Å². The van der Waals surface area contributed by atoms with E-state index >= 15 is 0 Å². The molecule has 0 aromatic carbocycles. The number of alkyl halides is 3. The minimum Gasteiger partial charge on any atom is -0.409 e. The third-order valence-corrected chi connectivity index (χ3v) is 1.14. The lowest BCUT2D eigenvalue weighted by Crippen LogP contribution is -2.09. The van der Waals surface area contributed by atoms with Crippen LogP contribution in [0.1, 0.15) is 6.42 Å². The van der Waals surface area contributed by atoms with E-state index < -0.39 is 26.2 Å². The van der Waals surface area contributed by atoms with E-state index in [9.17, 15) is 17.7 Å². The maximum absolute atomic E-state index is 11.5. The molecule has 0 radical (unpaired) electrons. The standard InChI is InChI=1S/C4H6F3O4P/c1-3(2-4(5,6)7)11-12(8,9)10/h1-2H2,(H2,8,9,10). The molecule has 0 bridgehead atoms. The molecule has 0 saturated carbocycles. The molecule has 0 unspecified atom stereocenters. The van der Waals surface area contributed by atoms with E-state index in [1.165, 1.54) is 0 Å². The first-order chi connectivity index (χ1) is 5.10. The Hall–Kier alpha value is -0.520. The van der Waals surface area contributed by atoms with Gasteiger partial charge >= 0.3 is 14.0 Å². The van der Waals surface area contributed by atoms with Crippen molar-refractivity contribution >= 4 is 7.82 Å². The second kappa shape index (κ2) is 3.47. The zero-order chi connectivity index (χ0) is 9.99. The summed E-state index contributed by atoms with van der Waals surface area (Å²) in [6, 6.07) is 0. The molecule has 2 N–H and O–H groups in total. The maximum Gasteiger partial charge on any atom is 0.524 e. The Kier molecular flexibility index (Phi) is 3.32. The van der Waals surface area contributed by atoms with Crippen LogP contribution in [0.2, 0.25) is 0 Å². The summed E-state index contributed by atoms with van der Waals surface area (Å²) in [5.74, 6) is -1.00. The van der Waals surface area contributed by atoms with Gasteiger partial charge in [-0.05, 0) is 0 Å². The quantitative estimate of drug-likeness (QED) is 0.543. The van der Waals surface area contributed by atoms with Gasteiger partial charge in [0.2, 0.25) is 0 Å². The summed E-state index contributed by atoms with van der Waals surface area (Å²) in [4.78, 5) is 16.1. The van der Waals surface area contributed by atoms with Crippen LogP contribution in [0.5, 0.6) is 0 Å². The fourth-order valence-electron chi connectivity index (χ4n) is 0.424. The highest BCUT2D eigenvalue weighted by atomic mass is 31.2. The second-order valence-electron chi connectivity index (χ2n) is 1.91. The summed E-state index contributed by atoms with van der Waals surface area (Å²) < 4.78 is 48.0. The molecule has 0 heterocycles. The molecule has 72 valence electrons. The first-order valence-corrected chi connectivity index (χ1v) is 4.13. The summed E-state index contributed by atoms with van der Waals surface area (Å²) >= 11 is 0. The molecular formula is C4H6F3O4P. The largest absolute Gasteiger partial charge is 0.524 e. The zero-order valence-electron chi connectivity index (χ0n) is 5.71. The number of rotatable bonds is 3. The van der Waals surface area contributed by atoms with Crippen molar-refractivity contribution < 1.29 is 32.0 Å². The number of phosphoric acid groups is 1. The van der Waals surface area contributed by atoms with Gasteiger partial charge in [0.1, 0.15) is 12.2 Å². The Morgan fingerprint density at radius 2 is 1.92 bits per heavy atom. The molecule has 0 aliphatic carbocycles. The van der Waals surface area contributed by atoms with Crippen molar-refractivity contribution in [1.82, 2.24) is 0 Å². The van der Waals surface area contributed by atoms with Crippen LogP contribution in [0.3, 0.4) is 0 Å². The van der Waals surface area contributed by atoms with Gasteiger partial charge in [-0.1, -0.05) is 6.58 Å². The molecule has 12 heavy (non-hydrogen) atoms. The maximum atomic E-state index is 11.5. The molecule has 0 saturated heterocycles. The van der Waals surface area contributed by atoms with E-state index in [-0.39, 0.29) is 0 Å². The summed E-state index contributed by atoms with van der Waals surface area (Å²) in [6.45, 7) is 2.69. The first kappa shape index (κ1) is 11.5. The average molecular weight is 206 g/mol. The smallest absolute Gasteiger partial charge is 0.409 e. The van der Waals surface area contributed by atoms with E-state index in [1.807, 2.05) is 0 Å². The predicted octanol–water partition coefficient (Wildman–Crippen LogP) is 1.56. The van der Waals surface area contributed by atoms with E-state index in [1.54, 1.807) is 0 Å². The van der Waals surface area contributed by atoms with Crippen LogP contribution in [-0.2, 0) is 9.09 Å². The molecule has 0 atom stereocenters. The van der Waals surface area contributed by atoms with Gasteiger partial charge in [-0.25, -0.2) is 4.57 Å². The molecule has 4 nitrogen and oxygen atoms in total. The number of allylic oxidation sites excluding steroid dienone is 1. The van der Waals surface area contributed by atoms with E-state index in [2.05, 4.69) is 11.1 Å². The molecule has 0 amide bonds. The SMILES string of the molecule is C=C(CC(F)(F)F)OP(=O)(O)O. The molecule has 0 fully saturated rings. The van der Waals surface area contributed by atoms with Crippen molar-refractivity contribution in [1.29, 1.82) is 0 Å². The molecule has 0 aliphatic heterocycles. The van der Waals surface area contributed by atoms with E-state index in [4.69, 9.17) is 9.79 Å². The zero-order valence-corrected chi connectivity index (χ0v) is 6.60. The number of hydrogen-bond donors (Lipinski definition) is 2. The average Bonchev–Trinajstić information content (AvgIpc) is 1.49. The lowest BCUT2D eigenvalue weighted by atomic mass is 10.4. The van der Waals surface area contributed by atoms with Crippen molar-refractivity contribution in [2.45, 2.75) is 12.6 Å². The summed E-state index contributed by atoms with van der Waals surface area (Å²) in [5, 5.41) is 0. The molecule has 0 aromatic rings. The number of phosphoric ester groups is 1. The molecule has 0 spiro atoms. The van der Waals surface area contributed by atoms with Gasteiger partial charge < -0.3 is 4.52 Å². The summed E-state index contributed by atoms with van der Waals surface area (Å²) in [5.41, 5.74) is 0. The van der Waals surface area contributed by atoms with E-state index in [0.29, 0.717) is 0 Å². The van der Waals surface area contributed by atoms with Crippen LogP contribution in [-0.4, -0.2) is 16.0 Å². The topological polar surface area (TPSA) is 66.8 Å². The van der Waals surface area contributed by atoms with Gasteiger partial charge in [-0.2, -0.15) is 13.2 Å². The van der Waals surface area contributed by atoms with Gasteiger partial charge in [0, 0.05) is 0 Å². The fourth-order valence-corrected chi connectivity index (χ4v) is 0.825. The normalized spacial score (nSPS) is 12.8. The highest BCUT2D eigenvalue weighted by molar-refractivity contribution is 7.46. The van der Waals surface area contributed by atoms with Crippen LogP contribution in [0.25, 0.3) is 0 Å². The molecule has 0 rings (SSSR count). The lowest BCUT2D eigenvalue weighted by Gasteiger charge is -2.10. The molecular weight excluding hydrogens is 200 g/mol. The lowest BCUT2D eigenvalue weighted by molar-refractivity contribution is -0.131. The van der Waals surface area contributed by atoms with Crippen molar-refractivity contribution in [3.05, 3.63) is 12.3 Å². The van der Waals surface area contributed by atoms with Gasteiger partial charge in [0.05, 0.1) is 0 Å².